The Morgan fingerprint density at radius 1 is 1.67 bits per heavy atom. The number of hydrogen-bond acceptors (Lipinski definition) is 2. The van der Waals surface area contributed by atoms with Crippen LogP contribution in [0.2, 0.25) is 0 Å². The Balaban J connectivity index is 3.28. The van der Waals surface area contributed by atoms with Gasteiger partial charge in [0.25, 0.3) is 0 Å². The van der Waals surface area contributed by atoms with Gasteiger partial charge in [-0.15, -0.1) is 4.89 Å². The SMILES string of the molecule is CCONS(=O)C(C)C. The highest BCUT2D eigenvalue weighted by atomic mass is 32.2. The minimum absolute atomic E-state index is 0.108. The zero-order chi connectivity index (χ0) is 7.28. The van der Waals surface area contributed by atoms with Crippen molar-refractivity contribution >= 4 is 11.0 Å². The molecule has 0 rings (SSSR count). The molecule has 0 aliphatic rings. The number of nitrogens with one attached hydrogen (secondary N) is 1. The van der Waals surface area contributed by atoms with Crippen LogP contribution in [0.4, 0.5) is 0 Å². The zero-order valence-corrected chi connectivity index (χ0v) is 6.83. The van der Waals surface area contributed by atoms with Crippen molar-refractivity contribution in [3.05, 3.63) is 0 Å². The van der Waals surface area contributed by atoms with Crippen LogP contribution in [0.1, 0.15) is 20.8 Å². The quantitative estimate of drug-likeness (QED) is 0.597. The van der Waals surface area contributed by atoms with Crippen LogP contribution < -0.4 is 4.89 Å². The molecule has 0 aromatic rings. The van der Waals surface area contributed by atoms with Crippen molar-refractivity contribution in [3.63, 3.8) is 0 Å². The fourth-order valence-corrected chi connectivity index (χ4v) is 0.640. The summed E-state index contributed by atoms with van der Waals surface area (Å²) in [5.41, 5.74) is 0. The van der Waals surface area contributed by atoms with E-state index in [-0.39, 0.29) is 5.25 Å². The Morgan fingerprint density at radius 2 is 2.22 bits per heavy atom. The van der Waals surface area contributed by atoms with E-state index in [4.69, 9.17) is 4.84 Å². The molecular formula is C5H13NO2S. The first-order chi connectivity index (χ1) is 4.18. The monoisotopic (exact) mass is 151 g/mol. The van der Waals surface area contributed by atoms with Crippen LogP contribution in [0.15, 0.2) is 0 Å². The molecule has 3 nitrogen and oxygen atoms in total. The predicted octanol–water partition coefficient (Wildman–Crippen LogP) is 0.600. The van der Waals surface area contributed by atoms with Crippen molar-refractivity contribution in [3.8, 4) is 0 Å². The summed E-state index contributed by atoms with van der Waals surface area (Å²) in [6, 6.07) is 0. The first kappa shape index (κ1) is 9.07. The Bertz CT molecular complexity index is 95.0. The van der Waals surface area contributed by atoms with Gasteiger partial charge in [-0.3, -0.25) is 4.84 Å². The summed E-state index contributed by atoms with van der Waals surface area (Å²) < 4.78 is 10.8. The highest BCUT2D eigenvalue weighted by Gasteiger charge is 2.01. The van der Waals surface area contributed by atoms with Gasteiger partial charge in [-0.05, 0) is 20.8 Å². The van der Waals surface area contributed by atoms with Crippen LogP contribution in [0, 0.1) is 0 Å². The lowest BCUT2D eigenvalue weighted by Crippen LogP contribution is -2.24. The standard InChI is InChI=1S/C5H13NO2S/c1-4-8-6-9(7)5(2)3/h5-6H,4H2,1-3H3. The molecule has 0 aliphatic heterocycles. The normalized spacial score (nSPS) is 14.2. The molecule has 1 unspecified atom stereocenters. The Kier molecular flexibility index (Phi) is 4.94. The van der Waals surface area contributed by atoms with Gasteiger partial charge in [0.05, 0.1) is 6.61 Å². The molecule has 1 N–H and O–H groups in total. The van der Waals surface area contributed by atoms with E-state index in [0.717, 1.165) is 0 Å². The van der Waals surface area contributed by atoms with Crippen molar-refractivity contribution in [2.45, 2.75) is 26.0 Å². The third-order valence-electron chi connectivity index (χ3n) is 0.714. The molecule has 1 atom stereocenters. The molecule has 9 heavy (non-hydrogen) atoms. The molecule has 4 heteroatoms. The molecule has 0 aromatic heterocycles. The van der Waals surface area contributed by atoms with Gasteiger partial charge in [0.15, 0.2) is 0 Å². The van der Waals surface area contributed by atoms with Gasteiger partial charge < -0.3 is 0 Å². The fraction of sp³-hybridized carbons (Fsp3) is 1.00. The third-order valence-corrected chi connectivity index (χ3v) is 1.85. The summed E-state index contributed by atoms with van der Waals surface area (Å²) in [7, 11) is -1.04. The zero-order valence-electron chi connectivity index (χ0n) is 6.01. The highest BCUT2D eigenvalue weighted by Crippen LogP contribution is 1.88. The van der Waals surface area contributed by atoms with Crippen LogP contribution in [0.25, 0.3) is 0 Å². The van der Waals surface area contributed by atoms with Gasteiger partial charge in [0.2, 0.25) is 0 Å². The van der Waals surface area contributed by atoms with E-state index in [1.54, 1.807) is 0 Å². The smallest absolute Gasteiger partial charge is 0.118 e. The molecule has 0 saturated heterocycles. The Labute approximate surface area is 58.3 Å². The summed E-state index contributed by atoms with van der Waals surface area (Å²) in [4.78, 5) is 7.11. The molecular weight excluding hydrogens is 138 g/mol. The van der Waals surface area contributed by atoms with Crippen LogP contribution in [0.3, 0.4) is 0 Å². The second kappa shape index (κ2) is 4.90. The molecule has 0 bridgehead atoms. The maximum absolute atomic E-state index is 10.8. The maximum Gasteiger partial charge on any atom is 0.118 e. The lowest BCUT2D eigenvalue weighted by atomic mass is 10.6. The van der Waals surface area contributed by atoms with Gasteiger partial charge in [-0.1, -0.05) is 0 Å². The van der Waals surface area contributed by atoms with E-state index in [2.05, 4.69) is 4.89 Å². The Hall–Kier alpha value is 0.0700. The molecule has 0 aromatic carbocycles. The summed E-state index contributed by atoms with van der Waals surface area (Å²) in [6.07, 6.45) is 0. The predicted molar refractivity (Wildman–Crippen MR) is 38.0 cm³/mol. The summed E-state index contributed by atoms with van der Waals surface area (Å²) in [5, 5.41) is 0.108. The van der Waals surface area contributed by atoms with Crippen molar-refractivity contribution in [2.75, 3.05) is 6.61 Å². The summed E-state index contributed by atoms with van der Waals surface area (Å²) in [6.45, 7) is 6.10. The minimum Gasteiger partial charge on any atom is -0.289 e. The third kappa shape index (κ3) is 4.57. The van der Waals surface area contributed by atoms with Crippen molar-refractivity contribution in [1.82, 2.24) is 4.89 Å². The molecule has 0 fully saturated rings. The molecule has 0 saturated carbocycles. The van der Waals surface area contributed by atoms with Gasteiger partial charge >= 0.3 is 0 Å². The van der Waals surface area contributed by atoms with Crippen LogP contribution in [-0.4, -0.2) is 16.1 Å². The molecule has 0 aliphatic carbocycles. The lowest BCUT2D eigenvalue weighted by molar-refractivity contribution is 0.109. The number of hydrogen-bond donors (Lipinski definition) is 1. The van der Waals surface area contributed by atoms with E-state index in [0.29, 0.717) is 6.61 Å². The maximum atomic E-state index is 10.8. The molecule has 0 amide bonds. The van der Waals surface area contributed by atoms with E-state index in [1.807, 2.05) is 20.8 Å². The first-order valence-corrected chi connectivity index (χ1v) is 4.17. The van der Waals surface area contributed by atoms with Gasteiger partial charge in [0, 0.05) is 5.25 Å². The highest BCUT2D eigenvalue weighted by molar-refractivity contribution is 7.83. The van der Waals surface area contributed by atoms with Gasteiger partial charge in [-0.2, -0.15) is 0 Å². The van der Waals surface area contributed by atoms with E-state index in [1.165, 1.54) is 0 Å². The van der Waals surface area contributed by atoms with Crippen LogP contribution in [-0.2, 0) is 15.8 Å². The molecule has 0 heterocycles. The van der Waals surface area contributed by atoms with Crippen molar-refractivity contribution < 1.29 is 9.05 Å². The van der Waals surface area contributed by atoms with E-state index >= 15 is 0 Å². The van der Waals surface area contributed by atoms with Gasteiger partial charge in [-0.25, -0.2) is 4.21 Å². The van der Waals surface area contributed by atoms with Gasteiger partial charge in [0.1, 0.15) is 11.0 Å². The van der Waals surface area contributed by atoms with Crippen molar-refractivity contribution in [2.24, 2.45) is 0 Å². The molecule has 0 radical (unpaired) electrons. The van der Waals surface area contributed by atoms with Crippen LogP contribution >= 0.6 is 0 Å². The fourth-order valence-electron chi connectivity index (χ4n) is 0.213. The average Bonchev–Trinajstić information content (AvgIpc) is 1.82. The average molecular weight is 151 g/mol. The number of rotatable bonds is 4. The van der Waals surface area contributed by atoms with E-state index < -0.39 is 11.0 Å². The summed E-state index contributed by atoms with van der Waals surface area (Å²) >= 11 is 0. The molecule has 0 spiro atoms. The van der Waals surface area contributed by atoms with Crippen LogP contribution in [0.5, 0.6) is 0 Å². The first-order valence-electron chi connectivity index (χ1n) is 2.96. The lowest BCUT2D eigenvalue weighted by Gasteiger charge is -2.04. The largest absolute Gasteiger partial charge is 0.289 e. The summed E-state index contributed by atoms with van der Waals surface area (Å²) in [5.74, 6) is 0. The molecule has 56 valence electrons. The van der Waals surface area contributed by atoms with E-state index in [9.17, 15) is 4.21 Å². The second-order valence-electron chi connectivity index (χ2n) is 1.86. The van der Waals surface area contributed by atoms with Crippen molar-refractivity contribution in [1.29, 1.82) is 0 Å². The second-order valence-corrected chi connectivity index (χ2v) is 3.57. The Morgan fingerprint density at radius 3 is 2.56 bits per heavy atom. The minimum atomic E-state index is -1.04. The topological polar surface area (TPSA) is 38.3 Å².